The van der Waals surface area contributed by atoms with Gasteiger partial charge in [-0.15, -0.1) is 12.4 Å². The monoisotopic (exact) mass is 270 g/mol. The number of halogens is 1. The van der Waals surface area contributed by atoms with Gasteiger partial charge in [-0.3, -0.25) is 4.79 Å². The van der Waals surface area contributed by atoms with Crippen molar-refractivity contribution in [2.45, 2.75) is 25.8 Å². The zero-order chi connectivity index (χ0) is 12.3. The average Bonchev–Trinajstić information content (AvgIpc) is 2.33. The molecule has 1 saturated heterocycles. The van der Waals surface area contributed by atoms with Gasteiger partial charge >= 0.3 is 0 Å². The van der Waals surface area contributed by atoms with Crippen LogP contribution in [0, 0.1) is 6.92 Å². The normalized spacial score (nSPS) is 18.8. The summed E-state index contributed by atoms with van der Waals surface area (Å²) in [4.78, 5) is 12.0. The molecule has 4 nitrogen and oxygen atoms in total. The molecular formula is C13H19ClN2O2. The molecular weight excluding hydrogens is 252 g/mol. The van der Waals surface area contributed by atoms with Crippen molar-refractivity contribution in [1.29, 1.82) is 0 Å². The number of phenols is 1. The van der Waals surface area contributed by atoms with Gasteiger partial charge in [0.15, 0.2) is 0 Å². The lowest BCUT2D eigenvalue weighted by Crippen LogP contribution is -2.45. The van der Waals surface area contributed by atoms with Crippen LogP contribution in [-0.2, 0) is 0 Å². The van der Waals surface area contributed by atoms with E-state index in [4.69, 9.17) is 0 Å². The van der Waals surface area contributed by atoms with Gasteiger partial charge in [-0.05, 0) is 38.4 Å². The molecule has 2 rings (SSSR count). The SMILES string of the molecule is Cc1ccc(O)c(C(=O)N[C@H]2CCCNC2)c1.Cl. The molecule has 1 aliphatic rings. The molecule has 3 N–H and O–H groups in total. The first-order valence-corrected chi connectivity index (χ1v) is 5.98. The van der Waals surface area contributed by atoms with Crippen LogP contribution in [0.4, 0.5) is 0 Å². The molecule has 0 aliphatic carbocycles. The number of carbonyl (C=O) groups is 1. The molecule has 1 fully saturated rings. The highest BCUT2D eigenvalue weighted by Gasteiger charge is 2.18. The van der Waals surface area contributed by atoms with Crippen LogP contribution in [0.25, 0.3) is 0 Å². The number of piperidine rings is 1. The largest absolute Gasteiger partial charge is 0.507 e. The number of aryl methyl sites for hydroxylation is 1. The van der Waals surface area contributed by atoms with Crippen LogP contribution in [0.1, 0.15) is 28.8 Å². The van der Waals surface area contributed by atoms with E-state index in [1.54, 1.807) is 18.2 Å². The fourth-order valence-electron chi connectivity index (χ4n) is 2.07. The maximum atomic E-state index is 12.0. The van der Waals surface area contributed by atoms with Crippen molar-refractivity contribution in [1.82, 2.24) is 10.6 Å². The number of hydrogen-bond donors (Lipinski definition) is 3. The van der Waals surface area contributed by atoms with Gasteiger partial charge in [0.05, 0.1) is 5.56 Å². The Morgan fingerprint density at radius 1 is 1.50 bits per heavy atom. The molecule has 0 unspecified atom stereocenters. The minimum atomic E-state index is -0.195. The zero-order valence-electron chi connectivity index (χ0n) is 10.4. The van der Waals surface area contributed by atoms with E-state index >= 15 is 0 Å². The lowest BCUT2D eigenvalue weighted by molar-refractivity contribution is 0.0928. The summed E-state index contributed by atoms with van der Waals surface area (Å²) < 4.78 is 0. The topological polar surface area (TPSA) is 61.4 Å². The van der Waals surface area contributed by atoms with Crippen molar-refractivity contribution in [3.8, 4) is 5.75 Å². The third-order valence-electron chi connectivity index (χ3n) is 3.03. The summed E-state index contributed by atoms with van der Waals surface area (Å²) in [6.07, 6.45) is 2.07. The Balaban J connectivity index is 0.00000162. The molecule has 1 atom stereocenters. The summed E-state index contributed by atoms with van der Waals surface area (Å²) >= 11 is 0. The Morgan fingerprint density at radius 3 is 2.94 bits per heavy atom. The second kappa shape index (κ2) is 6.61. The highest BCUT2D eigenvalue weighted by Crippen LogP contribution is 2.18. The smallest absolute Gasteiger partial charge is 0.255 e. The Hall–Kier alpha value is -1.26. The predicted octanol–water partition coefficient (Wildman–Crippen LogP) is 1.60. The third-order valence-corrected chi connectivity index (χ3v) is 3.03. The van der Waals surface area contributed by atoms with E-state index in [0.717, 1.165) is 31.5 Å². The van der Waals surface area contributed by atoms with Crippen molar-refractivity contribution in [2.24, 2.45) is 0 Å². The van der Waals surface area contributed by atoms with Crippen LogP contribution >= 0.6 is 12.4 Å². The maximum absolute atomic E-state index is 12.0. The number of rotatable bonds is 2. The van der Waals surface area contributed by atoms with Crippen molar-refractivity contribution in [3.05, 3.63) is 29.3 Å². The van der Waals surface area contributed by atoms with Crippen molar-refractivity contribution in [2.75, 3.05) is 13.1 Å². The number of carbonyl (C=O) groups excluding carboxylic acids is 1. The number of aromatic hydroxyl groups is 1. The molecule has 0 bridgehead atoms. The van der Waals surface area contributed by atoms with Gasteiger partial charge in [0.25, 0.3) is 5.91 Å². The Kier molecular flexibility index (Phi) is 5.44. The Bertz CT molecular complexity index is 417. The first-order valence-electron chi connectivity index (χ1n) is 5.98. The van der Waals surface area contributed by atoms with Crippen molar-refractivity contribution < 1.29 is 9.90 Å². The molecule has 1 amide bonds. The number of nitrogens with one attached hydrogen (secondary N) is 2. The lowest BCUT2D eigenvalue weighted by Gasteiger charge is -2.24. The Morgan fingerprint density at radius 2 is 2.28 bits per heavy atom. The van der Waals surface area contributed by atoms with Crippen LogP contribution in [0.3, 0.4) is 0 Å². The number of benzene rings is 1. The van der Waals surface area contributed by atoms with Crippen LogP contribution in [0.2, 0.25) is 0 Å². The summed E-state index contributed by atoms with van der Waals surface area (Å²) in [5.41, 5.74) is 1.32. The molecule has 1 heterocycles. The van der Waals surface area contributed by atoms with E-state index in [-0.39, 0.29) is 30.1 Å². The van der Waals surface area contributed by atoms with E-state index in [0.29, 0.717) is 5.56 Å². The van der Waals surface area contributed by atoms with Gasteiger partial charge in [0, 0.05) is 12.6 Å². The summed E-state index contributed by atoms with van der Waals surface area (Å²) in [6.45, 7) is 3.72. The molecule has 18 heavy (non-hydrogen) atoms. The second-order valence-electron chi connectivity index (χ2n) is 4.54. The fourth-order valence-corrected chi connectivity index (χ4v) is 2.07. The molecule has 5 heteroatoms. The highest BCUT2D eigenvalue weighted by molar-refractivity contribution is 5.97. The Labute approximate surface area is 113 Å². The van der Waals surface area contributed by atoms with E-state index in [1.807, 2.05) is 6.92 Å². The average molecular weight is 271 g/mol. The van der Waals surface area contributed by atoms with E-state index < -0.39 is 0 Å². The third kappa shape index (κ3) is 3.62. The maximum Gasteiger partial charge on any atom is 0.255 e. The van der Waals surface area contributed by atoms with E-state index in [2.05, 4.69) is 10.6 Å². The van der Waals surface area contributed by atoms with Crippen LogP contribution in [0.5, 0.6) is 5.75 Å². The predicted molar refractivity (Wildman–Crippen MR) is 73.4 cm³/mol. The molecule has 1 aromatic rings. The van der Waals surface area contributed by atoms with Crippen molar-refractivity contribution >= 4 is 18.3 Å². The number of phenolic OH excluding ortho intramolecular Hbond substituents is 1. The minimum Gasteiger partial charge on any atom is -0.507 e. The summed E-state index contributed by atoms with van der Waals surface area (Å²) in [5.74, 6) is -0.156. The molecule has 1 aliphatic heterocycles. The minimum absolute atomic E-state index is 0. The number of amides is 1. The molecule has 100 valence electrons. The first-order chi connectivity index (χ1) is 8.16. The zero-order valence-corrected chi connectivity index (χ0v) is 11.2. The summed E-state index contributed by atoms with van der Waals surface area (Å²) in [7, 11) is 0. The van der Waals surface area contributed by atoms with Gasteiger partial charge in [-0.1, -0.05) is 11.6 Å². The van der Waals surface area contributed by atoms with E-state index in [1.165, 1.54) is 0 Å². The van der Waals surface area contributed by atoms with Gasteiger partial charge in [0.1, 0.15) is 5.75 Å². The molecule has 0 saturated carbocycles. The fraction of sp³-hybridized carbons (Fsp3) is 0.462. The molecule has 0 aromatic heterocycles. The number of hydrogen-bond acceptors (Lipinski definition) is 3. The van der Waals surface area contributed by atoms with Gasteiger partial charge < -0.3 is 15.7 Å². The highest BCUT2D eigenvalue weighted by atomic mass is 35.5. The van der Waals surface area contributed by atoms with Crippen LogP contribution in [0.15, 0.2) is 18.2 Å². The second-order valence-corrected chi connectivity index (χ2v) is 4.54. The lowest BCUT2D eigenvalue weighted by atomic mass is 10.1. The molecule has 1 aromatic carbocycles. The van der Waals surface area contributed by atoms with Gasteiger partial charge in [0.2, 0.25) is 0 Å². The molecule has 0 radical (unpaired) electrons. The van der Waals surface area contributed by atoms with E-state index in [9.17, 15) is 9.90 Å². The molecule has 0 spiro atoms. The summed E-state index contributed by atoms with van der Waals surface area (Å²) in [6, 6.07) is 5.22. The van der Waals surface area contributed by atoms with Gasteiger partial charge in [-0.2, -0.15) is 0 Å². The van der Waals surface area contributed by atoms with Crippen LogP contribution in [-0.4, -0.2) is 30.1 Å². The van der Waals surface area contributed by atoms with Crippen molar-refractivity contribution in [3.63, 3.8) is 0 Å². The standard InChI is InChI=1S/C13H18N2O2.ClH/c1-9-4-5-12(16)11(7-9)13(17)15-10-3-2-6-14-8-10;/h4-5,7,10,14,16H,2-3,6,8H2,1H3,(H,15,17);1H/t10-;/m0./s1. The van der Waals surface area contributed by atoms with Crippen LogP contribution < -0.4 is 10.6 Å². The first kappa shape index (κ1) is 14.8. The van der Waals surface area contributed by atoms with Gasteiger partial charge in [-0.25, -0.2) is 0 Å². The quantitative estimate of drug-likeness (QED) is 0.765. The summed E-state index contributed by atoms with van der Waals surface area (Å²) in [5, 5.41) is 15.8.